The van der Waals surface area contributed by atoms with Crippen molar-refractivity contribution < 1.29 is 9.26 Å². The maximum absolute atomic E-state index is 5.95. The summed E-state index contributed by atoms with van der Waals surface area (Å²) >= 11 is 7.47. The lowest BCUT2D eigenvalue weighted by molar-refractivity contribution is 0.305. The minimum absolute atomic E-state index is 0.380. The van der Waals surface area contributed by atoms with Gasteiger partial charge in [0.25, 0.3) is 0 Å². The minimum Gasteiger partial charge on any atom is -0.486 e. The monoisotopic (exact) mass is 368 g/mol. The predicted octanol–water partition coefficient (Wildman–Crippen LogP) is 5.70. The molecular formula is C19H13ClN2O2S. The molecule has 0 fully saturated rings. The minimum atomic E-state index is 0.380. The normalized spacial score (nSPS) is 10.8. The Hall–Kier alpha value is -2.63. The standard InChI is InChI=1S/C19H13ClN2O2S/c20-14-7-4-8-15(9-14)23-11-19-21-17(12-25-19)18-10-16(22-24-18)13-5-2-1-3-6-13/h1-10,12H,11H2. The molecule has 0 aliphatic heterocycles. The zero-order chi connectivity index (χ0) is 17.1. The van der Waals surface area contributed by atoms with Crippen molar-refractivity contribution >= 4 is 22.9 Å². The third-order valence-electron chi connectivity index (χ3n) is 3.54. The van der Waals surface area contributed by atoms with Gasteiger partial charge in [-0.1, -0.05) is 53.2 Å². The maximum atomic E-state index is 5.95. The molecule has 0 bridgehead atoms. The Bertz CT molecular complexity index is 982. The van der Waals surface area contributed by atoms with Crippen molar-refractivity contribution in [3.63, 3.8) is 0 Å². The molecule has 2 aromatic carbocycles. The van der Waals surface area contributed by atoms with Crippen LogP contribution in [0.15, 0.2) is 70.6 Å². The van der Waals surface area contributed by atoms with Crippen molar-refractivity contribution in [3.05, 3.63) is 76.1 Å². The Morgan fingerprint density at radius 3 is 2.72 bits per heavy atom. The van der Waals surface area contributed by atoms with Gasteiger partial charge in [-0.2, -0.15) is 0 Å². The third-order valence-corrected chi connectivity index (χ3v) is 4.60. The quantitative estimate of drug-likeness (QED) is 0.453. The first-order chi connectivity index (χ1) is 12.3. The van der Waals surface area contributed by atoms with Gasteiger partial charge in [0.05, 0.1) is 0 Å². The first-order valence-electron chi connectivity index (χ1n) is 7.63. The smallest absolute Gasteiger partial charge is 0.186 e. The molecule has 25 heavy (non-hydrogen) atoms. The van der Waals surface area contributed by atoms with Crippen LogP contribution in [-0.4, -0.2) is 10.1 Å². The van der Waals surface area contributed by atoms with Gasteiger partial charge in [-0.05, 0) is 18.2 Å². The zero-order valence-corrected chi connectivity index (χ0v) is 14.6. The Labute approximate surface area is 153 Å². The van der Waals surface area contributed by atoms with Gasteiger partial charge in [0.2, 0.25) is 0 Å². The van der Waals surface area contributed by atoms with Gasteiger partial charge >= 0.3 is 0 Å². The van der Waals surface area contributed by atoms with Gasteiger partial charge in [0, 0.05) is 22.0 Å². The van der Waals surface area contributed by atoms with Crippen LogP contribution in [0.25, 0.3) is 22.7 Å². The van der Waals surface area contributed by atoms with Crippen LogP contribution in [0.2, 0.25) is 5.02 Å². The zero-order valence-electron chi connectivity index (χ0n) is 13.1. The number of thiazole rings is 1. The van der Waals surface area contributed by atoms with Crippen molar-refractivity contribution in [2.75, 3.05) is 0 Å². The fraction of sp³-hybridized carbons (Fsp3) is 0.0526. The summed E-state index contributed by atoms with van der Waals surface area (Å²) in [6.07, 6.45) is 0. The lowest BCUT2D eigenvalue weighted by Crippen LogP contribution is -1.94. The van der Waals surface area contributed by atoms with E-state index in [9.17, 15) is 0 Å². The van der Waals surface area contributed by atoms with E-state index in [1.807, 2.05) is 60.0 Å². The van der Waals surface area contributed by atoms with Crippen molar-refractivity contribution in [1.82, 2.24) is 10.1 Å². The van der Waals surface area contributed by atoms with Crippen molar-refractivity contribution in [3.8, 4) is 28.5 Å². The molecule has 4 rings (SSSR count). The number of hydrogen-bond acceptors (Lipinski definition) is 5. The van der Waals surface area contributed by atoms with Crippen LogP contribution < -0.4 is 4.74 Å². The number of rotatable bonds is 5. The highest BCUT2D eigenvalue weighted by Crippen LogP contribution is 2.27. The molecule has 124 valence electrons. The van der Waals surface area contributed by atoms with E-state index in [1.165, 1.54) is 11.3 Å². The molecular weight excluding hydrogens is 356 g/mol. The molecule has 0 aliphatic rings. The molecule has 4 aromatic rings. The lowest BCUT2D eigenvalue weighted by Gasteiger charge is -2.03. The summed E-state index contributed by atoms with van der Waals surface area (Å²) in [5.74, 6) is 1.36. The number of halogens is 1. The molecule has 4 nitrogen and oxygen atoms in total. The van der Waals surface area contributed by atoms with E-state index in [0.717, 1.165) is 27.7 Å². The van der Waals surface area contributed by atoms with Crippen LogP contribution in [-0.2, 0) is 6.61 Å². The molecule has 0 unspecified atom stereocenters. The highest BCUT2D eigenvalue weighted by molar-refractivity contribution is 7.09. The molecule has 6 heteroatoms. The van der Waals surface area contributed by atoms with Crippen LogP contribution in [0.1, 0.15) is 5.01 Å². The van der Waals surface area contributed by atoms with E-state index < -0.39 is 0 Å². The van der Waals surface area contributed by atoms with E-state index in [-0.39, 0.29) is 0 Å². The van der Waals surface area contributed by atoms with E-state index in [2.05, 4.69) is 10.1 Å². The van der Waals surface area contributed by atoms with E-state index in [1.54, 1.807) is 6.07 Å². The largest absolute Gasteiger partial charge is 0.486 e. The summed E-state index contributed by atoms with van der Waals surface area (Å²) in [6, 6.07) is 19.1. The van der Waals surface area contributed by atoms with Crippen LogP contribution in [0.4, 0.5) is 0 Å². The van der Waals surface area contributed by atoms with Gasteiger partial charge in [-0.25, -0.2) is 4.98 Å². The summed E-state index contributed by atoms with van der Waals surface area (Å²) in [5, 5.41) is 7.56. The number of nitrogens with zero attached hydrogens (tertiary/aromatic N) is 2. The highest BCUT2D eigenvalue weighted by atomic mass is 35.5. The number of benzene rings is 2. The second-order valence-electron chi connectivity index (χ2n) is 5.31. The molecule has 0 spiro atoms. The summed E-state index contributed by atoms with van der Waals surface area (Å²) in [5.41, 5.74) is 2.56. The molecule has 0 amide bonds. The highest BCUT2D eigenvalue weighted by Gasteiger charge is 2.12. The van der Waals surface area contributed by atoms with Crippen LogP contribution in [0, 0.1) is 0 Å². The molecule has 0 radical (unpaired) electrons. The molecule has 2 aromatic heterocycles. The molecule has 0 saturated heterocycles. The van der Waals surface area contributed by atoms with Crippen LogP contribution in [0.3, 0.4) is 0 Å². The molecule has 0 atom stereocenters. The average molecular weight is 369 g/mol. The SMILES string of the molecule is Clc1cccc(OCc2nc(-c3cc(-c4ccccc4)no3)cs2)c1. The number of ether oxygens (including phenoxy) is 1. The number of aromatic nitrogens is 2. The van der Waals surface area contributed by atoms with Crippen molar-refractivity contribution in [2.45, 2.75) is 6.61 Å². The topological polar surface area (TPSA) is 48.2 Å². The van der Waals surface area contributed by atoms with Gasteiger partial charge in [0.1, 0.15) is 28.8 Å². The summed E-state index contributed by atoms with van der Waals surface area (Å²) in [4.78, 5) is 4.55. The van der Waals surface area contributed by atoms with E-state index in [4.69, 9.17) is 20.9 Å². The Morgan fingerprint density at radius 2 is 1.88 bits per heavy atom. The Balaban J connectivity index is 1.47. The first-order valence-corrected chi connectivity index (χ1v) is 8.89. The van der Waals surface area contributed by atoms with Crippen molar-refractivity contribution in [2.24, 2.45) is 0 Å². The summed E-state index contributed by atoms with van der Waals surface area (Å²) in [7, 11) is 0. The molecule has 2 heterocycles. The summed E-state index contributed by atoms with van der Waals surface area (Å²) < 4.78 is 11.1. The van der Waals surface area contributed by atoms with Crippen molar-refractivity contribution in [1.29, 1.82) is 0 Å². The second-order valence-corrected chi connectivity index (χ2v) is 6.69. The fourth-order valence-electron chi connectivity index (χ4n) is 2.33. The first kappa shape index (κ1) is 15.9. The lowest BCUT2D eigenvalue weighted by atomic mass is 10.1. The average Bonchev–Trinajstić information content (AvgIpc) is 3.30. The molecule has 0 N–H and O–H groups in total. The number of hydrogen-bond donors (Lipinski definition) is 0. The van der Waals surface area contributed by atoms with Gasteiger partial charge in [-0.15, -0.1) is 11.3 Å². The Morgan fingerprint density at radius 1 is 1.00 bits per heavy atom. The van der Waals surface area contributed by atoms with E-state index in [0.29, 0.717) is 17.4 Å². The molecule has 0 saturated carbocycles. The van der Waals surface area contributed by atoms with Gasteiger partial charge in [0.15, 0.2) is 5.76 Å². The fourth-order valence-corrected chi connectivity index (χ4v) is 3.21. The predicted molar refractivity (Wildman–Crippen MR) is 98.8 cm³/mol. The van der Waals surface area contributed by atoms with E-state index >= 15 is 0 Å². The van der Waals surface area contributed by atoms with Crippen LogP contribution in [0.5, 0.6) is 5.75 Å². The maximum Gasteiger partial charge on any atom is 0.186 e. The summed E-state index contributed by atoms with van der Waals surface area (Å²) in [6.45, 7) is 0.380. The second kappa shape index (κ2) is 7.09. The Kier molecular flexibility index (Phi) is 4.50. The van der Waals surface area contributed by atoms with Gasteiger partial charge in [-0.3, -0.25) is 0 Å². The van der Waals surface area contributed by atoms with Crippen LogP contribution >= 0.6 is 22.9 Å². The third kappa shape index (κ3) is 3.73. The molecule has 0 aliphatic carbocycles. The van der Waals surface area contributed by atoms with Gasteiger partial charge < -0.3 is 9.26 Å².